The Kier molecular flexibility index (Phi) is 5.86. The fourth-order valence-electron chi connectivity index (χ4n) is 1.75. The molecule has 0 radical (unpaired) electrons. The van der Waals surface area contributed by atoms with Gasteiger partial charge in [0.1, 0.15) is 5.82 Å². The Hall–Kier alpha value is -2.48. The molecule has 1 atom stereocenters. The summed E-state index contributed by atoms with van der Waals surface area (Å²) < 4.78 is 32.7. The molecule has 0 aliphatic carbocycles. The van der Waals surface area contributed by atoms with E-state index in [0.29, 0.717) is 4.47 Å². The lowest BCUT2D eigenvalue weighted by Crippen LogP contribution is -2.47. The first-order chi connectivity index (χ1) is 11.4. The molecule has 2 N–H and O–H groups in total. The molecule has 0 bridgehead atoms. The van der Waals surface area contributed by atoms with Gasteiger partial charge in [-0.15, -0.1) is 0 Å². The molecule has 8 heteroatoms. The lowest BCUT2D eigenvalue weighted by atomic mass is 10.2. The number of ether oxygens (including phenoxy) is 1. The van der Waals surface area contributed by atoms with Crippen LogP contribution in [0.3, 0.4) is 0 Å². The number of nitrogens with one attached hydrogen (secondary N) is 2. The molecule has 2 aromatic rings. The first-order valence-corrected chi connectivity index (χ1v) is 7.64. The molecule has 0 aliphatic heterocycles. The van der Waals surface area contributed by atoms with Crippen LogP contribution in [0.5, 0.6) is 5.75 Å². The van der Waals surface area contributed by atoms with E-state index in [9.17, 15) is 18.4 Å². The Morgan fingerprint density at radius 3 is 2.46 bits per heavy atom. The van der Waals surface area contributed by atoms with Gasteiger partial charge in [0.2, 0.25) is 0 Å². The second kappa shape index (κ2) is 7.87. The molecule has 0 aliphatic rings. The van der Waals surface area contributed by atoms with E-state index in [1.54, 1.807) is 6.07 Å². The van der Waals surface area contributed by atoms with Crippen molar-refractivity contribution in [3.63, 3.8) is 0 Å². The predicted molar refractivity (Wildman–Crippen MR) is 86.2 cm³/mol. The first-order valence-electron chi connectivity index (χ1n) is 6.85. The quantitative estimate of drug-likeness (QED) is 0.778. The molecule has 2 amide bonds. The van der Waals surface area contributed by atoms with E-state index in [2.05, 4.69) is 26.8 Å². The molecule has 0 fully saturated rings. The number of amides is 2. The van der Waals surface area contributed by atoms with Crippen molar-refractivity contribution in [3.8, 4) is 5.75 Å². The average molecular weight is 399 g/mol. The Balaban J connectivity index is 1.92. The molecule has 5 nitrogen and oxygen atoms in total. The smallest absolute Gasteiger partial charge is 0.279 e. The molecule has 1 unspecified atom stereocenters. The van der Waals surface area contributed by atoms with Crippen LogP contribution in [0.4, 0.5) is 8.78 Å². The maximum Gasteiger partial charge on any atom is 0.279 e. The first kappa shape index (κ1) is 17.9. The van der Waals surface area contributed by atoms with Crippen LogP contribution >= 0.6 is 15.9 Å². The average Bonchev–Trinajstić information content (AvgIpc) is 2.54. The highest BCUT2D eigenvalue weighted by atomic mass is 79.9. The van der Waals surface area contributed by atoms with Gasteiger partial charge < -0.3 is 4.74 Å². The Morgan fingerprint density at radius 2 is 1.79 bits per heavy atom. The summed E-state index contributed by atoms with van der Waals surface area (Å²) in [6.07, 6.45) is -1.07. The van der Waals surface area contributed by atoms with Crippen molar-refractivity contribution in [1.82, 2.24) is 10.9 Å². The van der Waals surface area contributed by atoms with Crippen LogP contribution in [0, 0.1) is 11.6 Å². The van der Waals surface area contributed by atoms with Crippen LogP contribution < -0.4 is 15.6 Å². The highest BCUT2D eigenvalue weighted by Gasteiger charge is 2.18. The molecule has 0 saturated carbocycles. The van der Waals surface area contributed by atoms with E-state index in [4.69, 9.17) is 4.74 Å². The molecule has 2 rings (SSSR count). The third-order valence-electron chi connectivity index (χ3n) is 2.98. The Labute approximate surface area is 145 Å². The van der Waals surface area contributed by atoms with Gasteiger partial charge in [-0.05, 0) is 37.3 Å². The zero-order chi connectivity index (χ0) is 17.7. The minimum Gasteiger partial charge on any atom is -0.478 e. The molecule has 0 heterocycles. The topological polar surface area (TPSA) is 67.4 Å². The van der Waals surface area contributed by atoms with E-state index in [-0.39, 0.29) is 11.3 Å². The lowest BCUT2D eigenvalue weighted by Gasteiger charge is -2.15. The van der Waals surface area contributed by atoms with Gasteiger partial charge in [0, 0.05) is 4.47 Å². The van der Waals surface area contributed by atoms with Crippen molar-refractivity contribution in [3.05, 3.63) is 64.1 Å². The van der Waals surface area contributed by atoms with Crippen molar-refractivity contribution in [1.29, 1.82) is 0 Å². The summed E-state index contributed by atoms with van der Waals surface area (Å²) in [6.45, 7) is 1.38. The van der Waals surface area contributed by atoms with Crippen LogP contribution in [-0.2, 0) is 4.79 Å². The highest BCUT2D eigenvalue weighted by molar-refractivity contribution is 9.10. The largest absolute Gasteiger partial charge is 0.478 e. The van der Waals surface area contributed by atoms with Gasteiger partial charge >= 0.3 is 0 Å². The SMILES string of the molecule is CC(Oc1ccccc1F)C(=O)NNC(=O)c1ccc(Br)cc1F. The third kappa shape index (κ3) is 4.51. The lowest BCUT2D eigenvalue weighted by molar-refractivity contribution is -0.128. The highest BCUT2D eigenvalue weighted by Crippen LogP contribution is 2.17. The number of hydrazine groups is 1. The summed E-state index contributed by atoms with van der Waals surface area (Å²) in [5.74, 6) is -2.99. The minimum absolute atomic E-state index is 0.0922. The summed E-state index contributed by atoms with van der Waals surface area (Å²) >= 11 is 3.08. The number of carbonyl (C=O) groups excluding carboxylic acids is 2. The summed E-state index contributed by atoms with van der Waals surface area (Å²) in [5, 5.41) is 0. The van der Waals surface area contributed by atoms with Gasteiger partial charge in [0.15, 0.2) is 17.7 Å². The second-order valence-electron chi connectivity index (χ2n) is 4.76. The van der Waals surface area contributed by atoms with E-state index in [1.807, 2.05) is 0 Å². The number of carbonyl (C=O) groups is 2. The molecule has 0 saturated heterocycles. The molecule has 126 valence electrons. The van der Waals surface area contributed by atoms with Crippen LogP contribution in [0.2, 0.25) is 0 Å². The second-order valence-corrected chi connectivity index (χ2v) is 5.67. The van der Waals surface area contributed by atoms with Crippen LogP contribution in [-0.4, -0.2) is 17.9 Å². The van der Waals surface area contributed by atoms with Crippen molar-refractivity contribution in [2.75, 3.05) is 0 Å². The number of hydrogen-bond acceptors (Lipinski definition) is 3. The summed E-state index contributed by atoms with van der Waals surface area (Å²) in [4.78, 5) is 23.7. The fraction of sp³-hybridized carbons (Fsp3) is 0.125. The number of rotatable bonds is 4. The fourth-order valence-corrected chi connectivity index (χ4v) is 2.08. The third-order valence-corrected chi connectivity index (χ3v) is 3.48. The number of benzene rings is 2. The van der Waals surface area contributed by atoms with Crippen molar-refractivity contribution in [2.24, 2.45) is 0 Å². The monoisotopic (exact) mass is 398 g/mol. The van der Waals surface area contributed by atoms with Gasteiger partial charge in [-0.3, -0.25) is 20.4 Å². The summed E-state index contributed by atoms with van der Waals surface area (Å²) in [6, 6.07) is 9.48. The van der Waals surface area contributed by atoms with Gasteiger partial charge in [-0.1, -0.05) is 28.1 Å². The minimum atomic E-state index is -1.07. The number of halogens is 3. The predicted octanol–water partition coefficient (Wildman–Crippen LogP) is 2.96. The maximum absolute atomic E-state index is 13.6. The molecule has 0 spiro atoms. The van der Waals surface area contributed by atoms with Gasteiger partial charge in [-0.2, -0.15) is 0 Å². The van der Waals surface area contributed by atoms with Crippen LogP contribution in [0.25, 0.3) is 0 Å². The number of hydrogen-bond donors (Lipinski definition) is 2. The van der Waals surface area contributed by atoms with Gasteiger partial charge in [0.25, 0.3) is 11.8 Å². The molecular formula is C16H13BrF2N2O3. The van der Waals surface area contributed by atoms with Crippen LogP contribution in [0.15, 0.2) is 46.9 Å². The maximum atomic E-state index is 13.6. The van der Waals surface area contributed by atoms with Crippen LogP contribution in [0.1, 0.15) is 17.3 Å². The zero-order valence-electron chi connectivity index (χ0n) is 12.5. The molecule has 0 aromatic heterocycles. The van der Waals surface area contributed by atoms with E-state index >= 15 is 0 Å². The molecule has 2 aromatic carbocycles. The van der Waals surface area contributed by atoms with E-state index in [1.165, 1.54) is 37.3 Å². The van der Waals surface area contributed by atoms with E-state index < -0.39 is 29.6 Å². The Bertz CT molecular complexity index is 771. The molecule has 24 heavy (non-hydrogen) atoms. The standard InChI is InChI=1S/C16H13BrF2N2O3/c1-9(24-14-5-3-2-4-12(14)18)15(22)20-21-16(23)11-7-6-10(17)8-13(11)19/h2-9H,1H3,(H,20,22)(H,21,23). The van der Waals surface area contributed by atoms with Crippen molar-refractivity contribution < 1.29 is 23.1 Å². The van der Waals surface area contributed by atoms with Gasteiger partial charge in [-0.25, -0.2) is 8.78 Å². The summed E-state index contributed by atoms with van der Waals surface area (Å²) in [5.41, 5.74) is 3.94. The summed E-state index contributed by atoms with van der Waals surface area (Å²) in [7, 11) is 0. The van der Waals surface area contributed by atoms with Gasteiger partial charge in [0.05, 0.1) is 5.56 Å². The van der Waals surface area contributed by atoms with E-state index in [0.717, 1.165) is 6.07 Å². The zero-order valence-corrected chi connectivity index (χ0v) is 14.1. The van der Waals surface area contributed by atoms with Crippen molar-refractivity contribution >= 4 is 27.7 Å². The Morgan fingerprint density at radius 1 is 1.08 bits per heavy atom. The molecular weight excluding hydrogens is 386 g/mol. The number of para-hydroxylation sites is 1. The normalized spacial score (nSPS) is 11.5. The van der Waals surface area contributed by atoms with Crippen molar-refractivity contribution in [2.45, 2.75) is 13.0 Å².